The van der Waals surface area contributed by atoms with E-state index in [9.17, 15) is 0 Å². The van der Waals surface area contributed by atoms with Crippen LogP contribution < -0.4 is 5.32 Å². The van der Waals surface area contributed by atoms with Crippen LogP contribution in [0.4, 0.5) is 0 Å². The highest BCUT2D eigenvalue weighted by Gasteiger charge is 2.11. The quantitative estimate of drug-likeness (QED) is 0.620. The van der Waals surface area contributed by atoms with Gasteiger partial charge < -0.3 is 5.32 Å². The molecular weight excluding hydrogens is 216 g/mol. The van der Waals surface area contributed by atoms with Crippen LogP contribution in [0.2, 0.25) is 0 Å². The molecule has 1 unspecified atom stereocenters. The van der Waals surface area contributed by atoms with Crippen LogP contribution in [0.25, 0.3) is 0 Å². The minimum atomic E-state index is 0.139. The van der Waals surface area contributed by atoms with Crippen LogP contribution >= 0.6 is 22.9 Å². The Morgan fingerprint density at radius 3 is 3.21 bits per heavy atom. The van der Waals surface area contributed by atoms with E-state index >= 15 is 0 Å². The minimum Gasteiger partial charge on any atom is -0.311 e. The predicted octanol–water partition coefficient (Wildman–Crippen LogP) is 2.13. The fourth-order valence-electron chi connectivity index (χ4n) is 1.54. The van der Waals surface area contributed by atoms with Crippen molar-refractivity contribution in [2.75, 3.05) is 13.1 Å². The number of nitrogens with one attached hydrogen (secondary N) is 1. The third-order valence-corrected chi connectivity index (χ3v) is 3.40. The fourth-order valence-corrected chi connectivity index (χ4v) is 2.66. The zero-order valence-electron chi connectivity index (χ0n) is 8.09. The summed E-state index contributed by atoms with van der Waals surface area (Å²) in [6.45, 7) is 3.85. The molecule has 0 fully saturated rings. The molecule has 0 aliphatic carbocycles. The van der Waals surface area contributed by atoms with E-state index < -0.39 is 0 Å². The van der Waals surface area contributed by atoms with Gasteiger partial charge in [0.1, 0.15) is 0 Å². The summed E-state index contributed by atoms with van der Waals surface area (Å²) in [5.74, 6) is 0. The Hall–Kier alpha value is -0.380. The van der Waals surface area contributed by atoms with Crippen molar-refractivity contribution >= 4 is 22.9 Å². The van der Waals surface area contributed by atoms with Crippen LogP contribution in [-0.2, 0) is 6.42 Å². The van der Waals surface area contributed by atoms with E-state index in [2.05, 4.69) is 21.8 Å². The van der Waals surface area contributed by atoms with Gasteiger partial charge in [0.25, 0.3) is 0 Å². The molecule has 1 aliphatic heterocycles. The third-order valence-electron chi connectivity index (χ3n) is 2.15. The molecule has 0 amide bonds. The molecular formula is C10H13ClN2S. The summed E-state index contributed by atoms with van der Waals surface area (Å²) in [4.78, 5) is 4.44. The maximum Gasteiger partial charge on any atom is 0.0969 e. The highest BCUT2D eigenvalue weighted by atomic mass is 35.5. The summed E-state index contributed by atoms with van der Waals surface area (Å²) in [6, 6.07) is 0. The van der Waals surface area contributed by atoms with E-state index in [1.807, 2.05) is 6.92 Å². The highest BCUT2D eigenvalue weighted by molar-refractivity contribution is 7.09. The molecule has 0 aromatic carbocycles. The lowest BCUT2D eigenvalue weighted by atomic mass is 10.1. The molecule has 1 aromatic heterocycles. The molecule has 2 heterocycles. The first kappa shape index (κ1) is 10.1. The first-order valence-corrected chi connectivity index (χ1v) is 6.01. The van der Waals surface area contributed by atoms with Crippen molar-refractivity contribution in [2.24, 2.45) is 0 Å². The largest absolute Gasteiger partial charge is 0.311 e. The molecule has 1 N–H and O–H groups in total. The van der Waals surface area contributed by atoms with E-state index in [-0.39, 0.29) is 5.38 Å². The Morgan fingerprint density at radius 1 is 1.71 bits per heavy atom. The summed E-state index contributed by atoms with van der Waals surface area (Å²) >= 11 is 7.75. The normalized spacial score (nSPS) is 22.1. The molecule has 1 aromatic rings. The SMILES string of the molecule is Cc1csc(CC2=CC(Cl)CNC2)n1. The standard InChI is InChI=1S/C10H13ClN2S/c1-7-6-14-10(13-7)3-8-2-9(11)5-12-4-8/h2,6,9,12H,3-5H2,1H3. The Kier molecular flexibility index (Phi) is 3.21. The second-order valence-corrected chi connectivity index (χ2v) is 5.03. The highest BCUT2D eigenvalue weighted by Crippen LogP contribution is 2.16. The number of rotatable bonds is 2. The van der Waals surface area contributed by atoms with E-state index in [1.165, 1.54) is 10.6 Å². The van der Waals surface area contributed by atoms with E-state index in [0.29, 0.717) is 0 Å². The van der Waals surface area contributed by atoms with Crippen LogP contribution in [0, 0.1) is 6.92 Å². The maximum atomic E-state index is 6.03. The molecule has 0 saturated heterocycles. The van der Waals surface area contributed by atoms with Gasteiger partial charge in [0.2, 0.25) is 0 Å². The van der Waals surface area contributed by atoms with Gasteiger partial charge >= 0.3 is 0 Å². The lowest BCUT2D eigenvalue weighted by Gasteiger charge is -2.17. The smallest absolute Gasteiger partial charge is 0.0969 e. The second-order valence-electron chi connectivity index (χ2n) is 3.53. The number of aryl methyl sites for hydroxylation is 1. The first-order valence-electron chi connectivity index (χ1n) is 4.69. The van der Waals surface area contributed by atoms with Crippen molar-refractivity contribution < 1.29 is 0 Å². The average Bonchev–Trinajstić information content (AvgIpc) is 2.51. The molecule has 2 nitrogen and oxygen atoms in total. The van der Waals surface area contributed by atoms with Crippen molar-refractivity contribution in [3.8, 4) is 0 Å². The number of nitrogens with zero attached hydrogens (tertiary/aromatic N) is 1. The molecule has 1 aliphatic rings. The molecule has 0 radical (unpaired) electrons. The summed E-state index contributed by atoms with van der Waals surface area (Å²) in [5, 5.41) is 6.70. The number of thiazole rings is 1. The molecule has 4 heteroatoms. The van der Waals surface area contributed by atoms with Crippen molar-refractivity contribution in [1.82, 2.24) is 10.3 Å². The summed E-state index contributed by atoms with van der Waals surface area (Å²) in [7, 11) is 0. The summed E-state index contributed by atoms with van der Waals surface area (Å²) in [6.07, 6.45) is 3.09. The van der Waals surface area contributed by atoms with Gasteiger partial charge in [-0.15, -0.1) is 22.9 Å². The van der Waals surface area contributed by atoms with Crippen molar-refractivity contribution in [1.29, 1.82) is 0 Å². The molecule has 0 bridgehead atoms. The van der Waals surface area contributed by atoms with Crippen molar-refractivity contribution in [3.63, 3.8) is 0 Å². The van der Waals surface area contributed by atoms with Gasteiger partial charge in [-0.2, -0.15) is 0 Å². The third kappa shape index (κ3) is 2.56. The van der Waals surface area contributed by atoms with Gasteiger partial charge in [-0.25, -0.2) is 4.98 Å². The first-order chi connectivity index (χ1) is 6.74. The number of aromatic nitrogens is 1. The number of halogens is 1. The van der Waals surface area contributed by atoms with Crippen LogP contribution in [0.5, 0.6) is 0 Å². The van der Waals surface area contributed by atoms with Gasteiger partial charge in [-0.3, -0.25) is 0 Å². The zero-order chi connectivity index (χ0) is 9.97. The topological polar surface area (TPSA) is 24.9 Å². The monoisotopic (exact) mass is 228 g/mol. The zero-order valence-corrected chi connectivity index (χ0v) is 9.66. The summed E-state index contributed by atoms with van der Waals surface area (Å²) in [5.41, 5.74) is 2.46. The van der Waals surface area contributed by atoms with Crippen molar-refractivity contribution in [2.45, 2.75) is 18.7 Å². The van der Waals surface area contributed by atoms with E-state index in [4.69, 9.17) is 11.6 Å². The molecule has 0 saturated carbocycles. The second kappa shape index (κ2) is 4.43. The number of hydrogen-bond acceptors (Lipinski definition) is 3. The van der Waals surface area contributed by atoms with Gasteiger partial charge in [0, 0.05) is 30.6 Å². The Bertz CT molecular complexity index is 346. The van der Waals surface area contributed by atoms with Gasteiger partial charge in [-0.05, 0) is 6.92 Å². The summed E-state index contributed by atoms with van der Waals surface area (Å²) < 4.78 is 0. The maximum absolute atomic E-state index is 6.03. The predicted molar refractivity (Wildman–Crippen MR) is 61.1 cm³/mol. The molecule has 0 spiro atoms. The van der Waals surface area contributed by atoms with Crippen LogP contribution in [0.1, 0.15) is 10.7 Å². The number of alkyl halides is 1. The Labute approximate surface area is 93.0 Å². The van der Waals surface area contributed by atoms with Crippen LogP contribution in [-0.4, -0.2) is 23.5 Å². The molecule has 2 rings (SSSR count). The van der Waals surface area contributed by atoms with E-state index in [1.54, 1.807) is 11.3 Å². The van der Waals surface area contributed by atoms with Gasteiger partial charge in [0.15, 0.2) is 0 Å². The van der Waals surface area contributed by atoms with Gasteiger partial charge in [0.05, 0.1) is 10.4 Å². The fraction of sp³-hybridized carbons (Fsp3) is 0.500. The average molecular weight is 229 g/mol. The lowest BCUT2D eigenvalue weighted by Crippen LogP contribution is -2.30. The van der Waals surface area contributed by atoms with Gasteiger partial charge in [-0.1, -0.05) is 11.6 Å². The molecule has 76 valence electrons. The number of hydrogen-bond donors (Lipinski definition) is 1. The lowest BCUT2D eigenvalue weighted by molar-refractivity contribution is 0.694. The molecule has 1 atom stereocenters. The van der Waals surface area contributed by atoms with Crippen molar-refractivity contribution in [3.05, 3.63) is 27.7 Å². The Morgan fingerprint density at radius 2 is 2.57 bits per heavy atom. The van der Waals surface area contributed by atoms with Crippen LogP contribution in [0.3, 0.4) is 0 Å². The molecule has 14 heavy (non-hydrogen) atoms. The van der Waals surface area contributed by atoms with E-state index in [0.717, 1.165) is 25.2 Å². The van der Waals surface area contributed by atoms with Crippen LogP contribution in [0.15, 0.2) is 17.0 Å². The minimum absolute atomic E-state index is 0.139. The Balaban J connectivity index is 2.03.